The SMILES string of the molecule is CCC(C)[C@H](c1ccc([N+](=O)[O-])s1)N1CCNCC1.Cl.Cl. The molecule has 1 aromatic rings. The van der Waals surface area contributed by atoms with Crippen molar-refractivity contribution in [2.24, 2.45) is 5.92 Å². The van der Waals surface area contributed by atoms with Gasteiger partial charge in [0.25, 0.3) is 0 Å². The fourth-order valence-electron chi connectivity index (χ4n) is 2.60. The van der Waals surface area contributed by atoms with Crippen LogP contribution in [0.15, 0.2) is 12.1 Å². The highest BCUT2D eigenvalue weighted by molar-refractivity contribution is 7.15. The van der Waals surface area contributed by atoms with E-state index < -0.39 is 0 Å². The lowest BCUT2D eigenvalue weighted by atomic mass is 9.95. The van der Waals surface area contributed by atoms with Crippen molar-refractivity contribution in [3.63, 3.8) is 0 Å². The Morgan fingerprint density at radius 3 is 2.48 bits per heavy atom. The van der Waals surface area contributed by atoms with Gasteiger partial charge >= 0.3 is 5.00 Å². The predicted molar refractivity (Wildman–Crippen MR) is 92.1 cm³/mol. The maximum absolute atomic E-state index is 10.8. The van der Waals surface area contributed by atoms with Gasteiger partial charge in [0, 0.05) is 43.2 Å². The van der Waals surface area contributed by atoms with Gasteiger partial charge in [0.2, 0.25) is 0 Å². The van der Waals surface area contributed by atoms with Gasteiger partial charge in [-0.05, 0) is 12.0 Å². The Kier molecular flexibility index (Phi) is 9.40. The summed E-state index contributed by atoms with van der Waals surface area (Å²) in [4.78, 5) is 14.1. The first-order valence-corrected chi connectivity index (χ1v) is 7.64. The van der Waals surface area contributed by atoms with E-state index in [1.807, 2.05) is 6.07 Å². The van der Waals surface area contributed by atoms with Crippen LogP contribution in [-0.2, 0) is 0 Å². The van der Waals surface area contributed by atoms with Gasteiger partial charge in [-0.2, -0.15) is 0 Å². The fraction of sp³-hybridized carbons (Fsp3) is 0.692. The maximum atomic E-state index is 10.8. The molecule has 0 amide bonds. The molecule has 0 aliphatic carbocycles. The first kappa shape index (κ1) is 20.6. The number of nitrogens with one attached hydrogen (secondary N) is 1. The number of nitro groups is 1. The molecule has 8 heteroatoms. The van der Waals surface area contributed by atoms with Crippen LogP contribution < -0.4 is 5.32 Å². The van der Waals surface area contributed by atoms with Crippen molar-refractivity contribution < 1.29 is 4.92 Å². The van der Waals surface area contributed by atoms with Crippen LogP contribution in [0, 0.1) is 16.0 Å². The van der Waals surface area contributed by atoms with Crippen molar-refractivity contribution in [1.29, 1.82) is 0 Å². The van der Waals surface area contributed by atoms with E-state index in [0.29, 0.717) is 12.0 Å². The zero-order valence-corrected chi connectivity index (χ0v) is 14.7. The lowest BCUT2D eigenvalue weighted by Crippen LogP contribution is -2.46. The summed E-state index contributed by atoms with van der Waals surface area (Å²) in [6.45, 7) is 8.45. The highest BCUT2D eigenvalue weighted by Crippen LogP contribution is 2.37. The molecule has 0 radical (unpaired) electrons. The van der Waals surface area contributed by atoms with Gasteiger partial charge in [-0.1, -0.05) is 31.6 Å². The molecule has 1 saturated heterocycles. The monoisotopic (exact) mass is 355 g/mol. The van der Waals surface area contributed by atoms with Gasteiger partial charge in [-0.15, -0.1) is 24.8 Å². The number of halogens is 2. The minimum absolute atomic E-state index is 0. The topological polar surface area (TPSA) is 58.4 Å². The third-order valence-corrected chi connectivity index (χ3v) is 4.92. The third-order valence-electron chi connectivity index (χ3n) is 3.81. The van der Waals surface area contributed by atoms with Gasteiger partial charge in [0.15, 0.2) is 0 Å². The molecule has 1 aromatic heterocycles. The number of thiophene rings is 1. The Labute approximate surface area is 142 Å². The molecular formula is C13H23Cl2N3O2S. The Morgan fingerprint density at radius 1 is 1.38 bits per heavy atom. The van der Waals surface area contributed by atoms with Gasteiger partial charge < -0.3 is 5.32 Å². The van der Waals surface area contributed by atoms with Crippen LogP contribution in [0.3, 0.4) is 0 Å². The van der Waals surface area contributed by atoms with Crippen molar-refractivity contribution in [2.45, 2.75) is 26.3 Å². The van der Waals surface area contributed by atoms with Crippen LogP contribution in [-0.4, -0.2) is 36.0 Å². The molecule has 5 nitrogen and oxygen atoms in total. The van der Waals surface area contributed by atoms with Crippen LogP contribution in [0.2, 0.25) is 0 Å². The second-order valence-electron chi connectivity index (χ2n) is 5.05. The minimum atomic E-state index is -0.292. The van der Waals surface area contributed by atoms with Crippen LogP contribution in [0.1, 0.15) is 31.2 Å². The zero-order valence-electron chi connectivity index (χ0n) is 12.3. The Hall–Kier alpha value is -0.400. The molecule has 0 spiro atoms. The highest BCUT2D eigenvalue weighted by atomic mass is 35.5. The van der Waals surface area contributed by atoms with Crippen molar-refractivity contribution >= 4 is 41.2 Å². The van der Waals surface area contributed by atoms with Gasteiger partial charge in [-0.25, -0.2) is 0 Å². The van der Waals surface area contributed by atoms with Gasteiger partial charge in [-0.3, -0.25) is 15.0 Å². The largest absolute Gasteiger partial charge is 0.324 e. The summed E-state index contributed by atoms with van der Waals surface area (Å²) in [6, 6.07) is 3.88. The van der Waals surface area contributed by atoms with Crippen molar-refractivity contribution in [2.75, 3.05) is 26.2 Å². The highest BCUT2D eigenvalue weighted by Gasteiger charge is 2.28. The summed E-state index contributed by atoms with van der Waals surface area (Å²) in [5, 5.41) is 14.4. The summed E-state index contributed by atoms with van der Waals surface area (Å²) in [6.07, 6.45) is 1.08. The molecule has 122 valence electrons. The molecule has 0 bridgehead atoms. The first-order chi connectivity index (χ1) is 9.13. The van der Waals surface area contributed by atoms with Gasteiger partial charge in [0.05, 0.1) is 4.92 Å². The average Bonchev–Trinajstić information content (AvgIpc) is 2.89. The van der Waals surface area contributed by atoms with Crippen LogP contribution in [0.5, 0.6) is 0 Å². The van der Waals surface area contributed by atoms with Crippen molar-refractivity contribution in [1.82, 2.24) is 10.2 Å². The molecule has 0 saturated carbocycles. The van der Waals surface area contributed by atoms with E-state index in [4.69, 9.17) is 0 Å². The summed E-state index contributed by atoms with van der Waals surface area (Å²) in [7, 11) is 0. The smallest absolute Gasteiger partial charge is 0.314 e. The van der Waals surface area contributed by atoms with E-state index >= 15 is 0 Å². The van der Waals surface area contributed by atoms with E-state index in [1.54, 1.807) is 6.07 Å². The van der Waals surface area contributed by atoms with Crippen LogP contribution >= 0.6 is 36.2 Å². The number of hydrogen-bond donors (Lipinski definition) is 1. The van der Waals surface area contributed by atoms with E-state index in [1.165, 1.54) is 11.3 Å². The van der Waals surface area contributed by atoms with E-state index in [2.05, 4.69) is 24.1 Å². The number of hydrogen-bond acceptors (Lipinski definition) is 5. The lowest BCUT2D eigenvalue weighted by Gasteiger charge is -2.37. The molecule has 2 heterocycles. The fourth-order valence-corrected chi connectivity index (χ4v) is 3.69. The van der Waals surface area contributed by atoms with E-state index in [-0.39, 0.29) is 34.7 Å². The zero-order chi connectivity index (χ0) is 13.8. The number of piperazine rings is 1. The van der Waals surface area contributed by atoms with Crippen molar-refractivity contribution in [3.05, 3.63) is 27.1 Å². The van der Waals surface area contributed by atoms with Crippen molar-refractivity contribution in [3.8, 4) is 0 Å². The quantitative estimate of drug-likeness (QED) is 0.648. The lowest BCUT2D eigenvalue weighted by molar-refractivity contribution is -0.380. The normalized spacial score (nSPS) is 18.2. The Balaban J connectivity index is 0.00000200. The molecular weight excluding hydrogens is 333 g/mol. The standard InChI is InChI=1S/C13H21N3O2S.2ClH/c1-3-10(2)13(15-8-6-14-7-9-15)11-4-5-12(19-11)16(17)18;;/h4-5,10,13-14H,3,6-9H2,1-2H3;2*1H/t10?,13-;;/m1../s1. The first-order valence-electron chi connectivity index (χ1n) is 6.82. The maximum Gasteiger partial charge on any atom is 0.324 e. The molecule has 2 atom stereocenters. The van der Waals surface area contributed by atoms with Gasteiger partial charge in [0.1, 0.15) is 0 Å². The molecule has 1 N–H and O–H groups in total. The average molecular weight is 356 g/mol. The summed E-state index contributed by atoms with van der Waals surface area (Å²) in [5.41, 5.74) is 0. The number of rotatable bonds is 5. The van der Waals surface area contributed by atoms with E-state index in [0.717, 1.165) is 37.5 Å². The summed E-state index contributed by atoms with van der Waals surface area (Å²) < 4.78 is 0. The summed E-state index contributed by atoms with van der Waals surface area (Å²) >= 11 is 1.33. The Bertz CT molecular complexity index is 439. The Morgan fingerprint density at radius 2 is 2.00 bits per heavy atom. The molecule has 21 heavy (non-hydrogen) atoms. The minimum Gasteiger partial charge on any atom is -0.314 e. The molecule has 0 aromatic carbocycles. The molecule has 1 unspecified atom stereocenters. The summed E-state index contributed by atoms with van der Waals surface area (Å²) in [5.74, 6) is 0.511. The molecule has 2 rings (SSSR count). The predicted octanol–water partition coefficient (Wildman–Crippen LogP) is 3.49. The van der Waals surface area contributed by atoms with Crippen LogP contribution in [0.4, 0.5) is 5.00 Å². The van der Waals surface area contributed by atoms with E-state index in [9.17, 15) is 10.1 Å². The molecule has 1 aliphatic heterocycles. The third kappa shape index (κ3) is 5.07. The molecule has 1 fully saturated rings. The second kappa shape index (κ2) is 9.58. The van der Waals surface area contributed by atoms with Crippen LogP contribution in [0.25, 0.3) is 0 Å². The number of nitrogens with zero attached hydrogens (tertiary/aromatic N) is 2. The molecule has 1 aliphatic rings. The second-order valence-corrected chi connectivity index (χ2v) is 6.14.